The fourth-order valence-corrected chi connectivity index (χ4v) is 8.85. The largest absolute Gasteiger partial charge is 0.458 e. The maximum atomic E-state index is 13.4. The van der Waals surface area contributed by atoms with Gasteiger partial charge in [-0.2, -0.15) is 0 Å². The zero-order valence-electron chi connectivity index (χ0n) is 21.4. The molecule has 3 saturated carbocycles. The Morgan fingerprint density at radius 3 is 2.50 bits per heavy atom. The van der Waals surface area contributed by atoms with Gasteiger partial charge in [0.1, 0.15) is 6.10 Å². The van der Waals surface area contributed by atoms with Gasteiger partial charge in [-0.1, -0.05) is 53.9 Å². The Bertz CT molecular complexity index is 766. The van der Waals surface area contributed by atoms with E-state index in [2.05, 4.69) is 34.6 Å². The highest BCUT2D eigenvalue weighted by Crippen LogP contribution is 2.67. The van der Waals surface area contributed by atoms with Gasteiger partial charge in [0.15, 0.2) is 5.78 Å². The van der Waals surface area contributed by atoms with E-state index in [-0.39, 0.29) is 17.5 Å². The summed E-state index contributed by atoms with van der Waals surface area (Å²) in [5.74, 6) is 4.36. The Morgan fingerprint density at radius 1 is 1.06 bits per heavy atom. The molecule has 0 amide bonds. The molecular weight excluding hydrogens is 396 g/mol. The van der Waals surface area contributed by atoms with E-state index in [9.17, 15) is 9.59 Å². The number of rotatable bonds is 6. The van der Waals surface area contributed by atoms with Crippen LogP contribution >= 0.6 is 0 Å². The molecule has 0 N–H and O–H groups in total. The lowest BCUT2D eigenvalue weighted by molar-refractivity contribution is -0.146. The minimum atomic E-state index is -0.246. The zero-order chi connectivity index (χ0) is 23.3. The standard InChI is InChI=1S/C29H46O3/c1-18(2)8-7-9-19(3)23-10-11-24-22-17-27(31)26-16-21(32-20(4)30)12-14-29(26,6)25(22)13-15-28(23,24)5/h16,18-19,21-25H,7-15,17H2,1-6H3/t19-,21+,22-,23-,24-,25-,28+,29-/m1/s1. The minimum absolute atomic E-state index is 0.0288. The molecule has 3 nitrogen and oxygen atoms in total. The summed E-state index contributed by atoms with van der Waals surface area (Å²) in [6, 6.07) is 0. The monoisotopic (exact) mass is 442 g/mol. The third kappa shape index (κ3) is 4.11. The van der Waals surface area contributed by atoms with Crippen molar-refractivity contribution in [1.29, 1.82) is 0 Å². The Morgan fingerprint density at radius 2 is 1.81 bits per heavy atom. The van der Waals surface area contributed by atoms with Crippen LogP contribution in [0.5, 0.6) is 0 Å². The van der Waals surface area contributed by atoms with Gasteiger partial charge in [-0.3, -0.25) is 9.59 Å². The number of carbonyl (C=O) groups excluding carboxylic acids is 2. The number of Topliss-reactive ketones (excluding diaryl/α,β-unsaturated/α-hetero) is 1. The van der Waals surface area contributed by atoms with Gasteiger partial charge < -0.3 is 4.74 Å². The first-order chi connectivity index (χ1) is 15.1. The number of fused-ring (bicyclic) bond motifs is 5. The van der Waals surface area contributed by atoms with E-state index >= 15 is 0 Å². The molecule has 8 atom stereocenters. The predicted octanol–water partition coefficient (Wildman–Crippen LogP) is 7.14. The van der Waals surface area contributed by atoms with Gasteiger partial charge >= 0.3 is 5.97 Å². The average Bonchev–Trinajstić information content (AvgIpc) is 3.06. The van der Waals surface area contributed by atoms with Crippen molar-refractivity contribution in [1.82, 2.24) is 0 Å². The summed E-state index contributed by atoms with van der Waals surface area (Å²) < 4.78 is 5.47. The lowest BCUT2D eigenvalue weighted by Gasteiger charge is -2.58. The van der Waals surface area contributed by atoms with Gasteiger partial charge in [0.25, 0.3) is 0 Å². The van der Waals surface area contributed by atoms with Crippen molar-refractivity contribution in [3.8, 4) is 0 Å². The second kappa shape index (κ2) is 8.91. The first kappa shape index (κ1) is 24.0. The summed E-state index contributed by atoms with van der Waals surface area (Å²) in [7, 11) is 0. The summed E-state index contributed by atoms with van der Waals surface area (Å²) in [4.78, 5) is 24.9. The van der Waals surface area contributed by atoms with Crippen LogP contribution in [0.25, 0.3) is 0 Å². The molecule has 3 fully saturated rings. The van der Waals surface area contributed by atoms with E-state index in [0.29, 0.717) is 35.4 Å². The average molecular weight is 443 g/mol. The van der Waals surface area contributed by atoms with Crippen LogP contribution in [0, 0.1) is 46.3 Å². The van der Waals surface area contributed by atoms with E-state index in [4.69, 9.17) is 4.74 Å². The highest BCUT2D eigenvalue weighted by molar-refractivity contribution is 5.98. The maximum absolute atomic E-state index is 13.4. The fraction of sp³-hybridized carbons (Fsp3) is 0.862. The lowest BCUT2D eigenvalue weighted by Crippen LogP contribution is -2.53. The number of carbonyl (C=O) groups is 2. The Labute approximate surface area is 196 Å². The van der Waals surface area contributed by atoms with Crippen LogP contribution in [0.3, 0.4) is 0 Å². The molecule has 32 heavy (non-hydrogen) atoms. The van der Waals surface area contributed by atoms with E-state index < -0.39 is 0 Å². The van der Waals surface area contributed by atoms with E-state index in [1.54, 1.807) is 0 Å². The van der Waals surface area contributed by atoms with Gasteiger partial charge in [-0.15, -0.1) is 0 Å². The molecule has 0 aromatic heterocycles. The highest BCUT2D eigenvalue weighted by atomic mass is 16.5. The summed E-state index contributed by atoms with van der Waals surface area (Å²) in [6.45, 7) is 13.6. The topological polar surface area (TPSA) is 43.4 Å². The second-order valence-electron chi connectivity index (χ2n) is 12.7. The molecule has 0 spiro atoms. The molecule has 180 valence electrons. The second-order valence-corrected chi connectivity index (χ2v) is 12.7. The van der Waals surface area contributed by atoms with Crippen molar-refractivity contribution in [2.75, 3.05) is 0 Å². The number of ether oxygens (including phenoxy) is 1. The molecule has 0 aromatic rings. The van der Waals surface area contributed by atoms with Crippen molar-refractivity contribution in [2.45, 2.75) is 112 Å². The zero-order valence-corrected chi connectivity index (χ0v) is 21.4. The Balaban J connectivity index is 1.52. The van der Waals surface area contributed by atoms with Crippen molar-refractivity contribution < 1.29 is 14.3 Å². The number of hydrogen-bond donors (Lipinski definition) is 0. The van der Waals surface area contributed by atoms with Gasteiger partial charge in [0.2, 0.25) is 0 Å². The molecule has 0 bridgehead atoms. The quantitative estimate of drug-likeness (QED) is 0.411. The van der Waals surface area contributed by atoms with Crippen LogP contribution < -0.4 is 0 Å². The first-order valence-electron chi connectivity index (χ1n) is 13.5. The highest BCUT2D eigenvalue weighted by Gasteiger charge is 2.61. The molecule has 0 aromatic carbocycles. The summed E-state index contributed by atoms with van der Waals surface area (Å²) in [5.41, 5.74) is 1.36. The molecule has 0 heterocycles. The van der Waals surface area contributed by atoms with Crippen LogP contribution in [0.15, 0.2) is 11.6 Å². The van der Waals surface area contributed by atoms with Gasteiger partial charge in [0, 0.05) is 18.9 Å². The predicted molar refractivity (Wildman–Crippen MR) is 129 cm³/mol. The number of esters is 1. The first-order valence-corrected chi connectivity index (χ1v) is 13.5. The normalized spacial score (nSPS) is 42.0. The number of hydrogen-bond acceptors (Lipinski definition) is 3. The van der Waals surface area contributed by atoms with Crippen molar-refractivity contribution in [3.63, 3.8) is 0 Å². The SMILES string of the molecule is CC(=O)O[C@@H]1C=C2C(=O)C[C@@H]3[C@H]4CC[C@H]([C@H](C)CCCC(C)C)[C@]4(C)CC[C@H]3[C@@]2(C)CC1. The van der Waals surface area contributed by atoms with Crippen molar-refractivity contribution in [3.05, 3.63) is 11.6 Å². The molecule has 0 unspecified atom stereocenters. The van der Waals surface area contributed by atoms with Gasteiger partial charge in [-0.25, -0.2) is 0 Å². The van der Waals surface area contributed by atoms with Gasteiger partial charge in [-0.05, 0) is 90.9 Å². The van der Waals surface area contributed by atoms with E-state index in [1.807, 2.05) is 6.08 Å². The van der Waals surface area contributed by atoms with Crippen molar-refractivity contribution >= 4 is 11.8 Å². The molecule has 4 rings (SSSR count). The molecule has 4 aliphatic rings. The summed E-state index contributed by atoms with van der Waals surface area (Å²) in [6.07, 6.45) is 13.7. The fourth-order valence-electron chi connectivity index (χ4n) is 8.85. The Hall–Kier alpha value is -1.12. The molecular formula is C29H46O3. The minimum Gasteiger partial charge on any atom is -0.458 e. The summed E-state index contributed by atoms with van der Waals surface area (Å²) in [5, 5.41) is 0. The van der Waals surface area contributed by atoms with E-state index in [0.717, 1.165) is 36.2 Å². The van der Waals surface area contributed by atoms with Crippen molar-refractivity contribution in [2.24, 2.45) is 46.3 Å². The number of ketones is 1. The van der Waals surface area contributed by atoms with Gasteiger partial charge in [0.05, 0.1) is 0 Å². The van der Waals surface area contributed by atoms with Crippen LogP contribution in [0.4, 0.5) is 0 Å². The molecule has 0 saturated heterocycles. The van der Waals surface area contributed by atoms with Crippen LogP contribution in [-0.2, 0) is 14.3 Å². The lowest BCUT2D eigenvalue weighted by atomic mass is 9.46. The summed E-state index contributed by atoms with van der Waals surface area (Å²) >= 11 is 0. The smallest absolute Gasteiger partial charge is 0.303 e. The molecule has 0 radical (unpaired) electrons. The van der Waals surface area contributed by atoms with Crippen LogP contribution in [0.1, 0.15) is 106 Å². The van der Waals surface area contributed by atoms with Crippen LogP contribution in [0.2, 0.25) is 0 Å². The third-order valence-electron chi connectivity index (χ3n) is 10.4. The molecule has 3 heteroatoms. The molecule has 0 aliphatic heterocycles. The third-order valence-corrected chi connectivity index (χ3v) is 10.4. The Kier molecular flexibility index (Phi) is 6.69. The number of allylic oxidation sites excluding steroid dienone is 1. The maximum Gasteiger partial charge on any atom is 0.303 e. The molecule has 4 aliphatic carbocycles. The van der Waals surface area contributed by atoms with Crippen LogP contribution in [-0.4, -0.2) is 17.9 Å². The van der Waals surface area contributed by atoms with E-state index in [1.165, 1.54) is 51.9 Å².